The maximum Gasteiger partial charge on any atom is 0.322 e. The van der Waals surface area contributed by atoms with Crippen LogP contribution in [-0.4, -0.2) is 17.5 Å². The molecule has 1 N–H and O–H groups in total. The van der Waals surface area contributed by atoms with Crippen molar-refractivity contribution in [1.82, 2.24) is 4.90 Å². The predicted molar refractivity (Wildman–Crippen MR) is 134 cm³/mol. The molecule has 0 spiro atoms. The normalized spacial score (nSPS) is 10.9. The van der Waals surface area contributed by atoms with E-state index in [4.69, 9.17) is 11.6 Å². The van der Waals surface area contributed by atoms with Crippen LogP contribution in [0.4, 0.5) is 10.5 Å². The molecule has 0 aliphatic rings. The van der Waals surface area contributed by atoms with E-state index in [2.05, 4.69) is 43.4 Å². The molecule has 2 aromatic carbocycles. The Bertz CT molecular complexity index is 817. The number of hydrogen-bond donors (Lipinski definition) is 1. The molecule has 0 aromatic heterocycles. The second kappa shape index (κ2) is 13.4. The summed E-state index contributed by atoms with van der Waals surface area (Å²) in [5.41, 5.74) is 5.32. The van der Waals surface area contributed by atoms with Crippen LogP contribution in [0.15, 0.2) is 36.4 Å². The van der Waals surface area contributed by atoms with Crippen molar-refractivity contribution in [2.24, 2.45) is 0 Å². The van der Waals surface area contributed by atoms with Crippen LogP contribution in [-0.2, 0) is 13.0 Å². The lowest BCUT2D eigenvalue weighted by Gasteiger charge is -2.24. The summed E-state index contributed by atoms with van der Waals surface area (Å²) in [5.74, 6) is 0. The molecule has 3 nitrogen and oxygen atoms in total. The lowest BCUT2D eigenvalue weighted by molar-refractivity contribution is 0.207. The Hall–Kier alpha value is -2.00. The third-order valence-corrected chi connectivity index (χ3v) is 6.19. The van der Waals surface area contributed by atoms with E-state index in [9.17, 15) is 4.79 Å². The van der Waals surface area contributed by atoms with E-state index in [1.807, 2.05) is 30.9 Å². The smallest absolute Gasteiger partial charge is 0.320 e. The summed E-state index contributed by atoms with van der Waals surface area (Å²) >= 11 is 6.22. The number of hydrogen-bond acceptors (Lipinski definition) is 1. The maximum atomic E-state index is 13.2. The van der Waals surface area contributed by atoms with Crippen molar-refractivity contribution < 1.29 is 4.79 Å². The largest absolute Gasteiger partial charge is 0.322 e. The summed E-state index contributed by atoms with van der Waals surface area (Å²) in [4.78, 5) is 15.1. The van der Waals surface area contributed by atoms with Gasteiger partial charge in [0.2, 0.25) is 0 Å². The Balaban J connectivity index is 2.07. The molecule has 0 saturated carbocycles. The van der Waals surface area contributed by atoms with E-state index in [1.165, 1.54) is 43.2 Å². The van der Waals surface area contributed by atoms with Gasteiger partial charge in [0.1, 0.15) is 0 Å². The standard InChI is InChI=1S/C27H39ClN2O/c1-5-7-9-10-11-17-30(20-24-15-13-23(14-16-24)12-8-6-2)27(31)29-26-19-21(3)25(28)18-22(26)4/h13-16,18-19H,5-12,17,20H2,1-4H3,(H,29,31). The number of halogens is 1. The molecular weight excluding hydrogens is 404 g/mol. The minimum atomic E-state index is -0.0460. The number of amides is 2. The highest BCUT2D eigenvalue weighted by Crippen LogP contribution is 2.24. The van der Waals surface area contributed by atoms with Crippen LogP contribution in [0, 0.1) is 13.8 Å². The first kappa shape index (κ1) is 25.3. The molecule has 31 heavy (non-hydrogen) atoms. The van der Waals surface area contributed by atoms with Gasteiger partial charge in [-0.05, 0) is 67.5 Å². The SMILES string of the molecule is CCCCCCCN(Cc1ccc(CCCC)cc1)C(=O)Nc1cc(C)c(Cl)cc1C. The van der Waals surface area contributed by atoms with Gasteiger partial charge < -0.3 is 10.2 Å². The highest BCUT2D eigenvalue weighted by molar-refractivity contribution is 6.31. The van der Waals surface area contributed by atoms with Gasteiger partial charge in [0, 0.05) is 23.8 Å². The number of urea groups is 1. The number of nitrogens with zero attached hydrogens (tertiary/aromatic N) is 1. The van der Waals surface area contributed by atoms with Gasteiger partial charge >= 0.3 is 6.03 Å². The molecular formula is C27H39ClN2O. The third-order valence-electron chi connectivity index (χ3n) is 5.78. The zero-order chi connectivity index (χ0) is 22.6. The van der Waals surface area contributed by atoms with Gasteiger partial charge in [-0.3, -0.25) is 0 Å². The average molecular weight is 443 g/mol. The van der Waals surface area contributed by atoms with Crippen LogP contribution in [0.1, 0.15) is 81.0 Å². The Labute approximate surface area is 194 Å². The molecule has 170 valence electrons. The summed E-state index contributed by atoms with van der Waals surface area (Å²) in [5, 5.41) is 3.85. The first-order valence-corrected chi connectivity index (χ1v) is 12.2. The van der Waals surface area contributed by atoms with Crippen molar-refractivity contribution in [2.75, 3.05) is 11.9 Å². The number of anilines is 1. The Kier molecular flexibility index (Phi) is 10.9. The van der Waals surface area contributed by atoms with Crippen LogP contribution >= 0.6 is 11.6 Å². The van der Waals surface area contributed by atoms with Gasteiger partial charge in [-0.1, -0.05) is 81.8 Å². The van der Waals surface area contributed by atoms with Crippen LogP contribution < -0.4 is 5.32 Å². The van der Waals surface area contributed by atoms with Crippen molar-refractivity contribution >= 4 is 23.3 Å². The van der Waals surface area contributed by atoms with E-state index in [-0.39, 0.29) is 6.03 Å². The number of aryl methyl sites for hydroxylation is 3. The van der Waals surface area contributed by atoms with E-state index in [0.29, 0.717) is 6.54 Å². The summed E-state index contributed by atoms with van der Waals surface area (Å²) < 4.78 is 0. The van der Waals surface area contributed by atoms with Gasteiger partial charge in [-0.25, -0.2) is 4.79 Å². The Morgan fingerprint density at radius 2 is 1.52 bits per heavy atom. The molecule has 2 amide bonds. The topological polar surface area (TPSA) is 32.3 Å². The van der Waals surface area contributed by atoms with Gasteiger partial charge in [0.05, 0.1) is 0 Å². The number of carbonyl (C=O) groups excluding carboxylic acids is 1. The fourth-order valence-electron chi connectivity index (χ4n) is 3.68. The van der Waals surface area contributed by atoms with E-state index < -0.39 is 0 Å². The molecule has 0 saturated heterocycles. The minimum absolute atomic E-state index is 0.0460. The predicted octanol–water partition coefficient (Wildman–Crippen LogP) is 8.30. The summed E-state index contributed by atoms with van der Waals surface area (Å²) in [6.07, 6.45) is 9.44. The molecule has 2 aromatic rings. The molecule has 0 bridgehead atoms. The van der Waals surface area contributed by atoms with E-state index >= 15 is 0 Å². The molecule has 0 fully saturated rings. The first-order valence-electron chi connectivity index (χ1n) is 11.8. The van der Waals surface area contributed by atoms with Crippen LogP contribution in [0.3, 0.4) is 0 Å². The van der Waals surface area contributed by atoms with Crippen LogP contribution in [0.25, 0.3) is 0 Å². The number of unbranched alkanes of at least 4 members (excludes halogenated alkanes) is 5. The van der Waals surface area contributed by atoms with Crippen molar-refractivity contribution in [3.05, 3.63) is 63.7 Å². The summed E-state index contributed by atoms with van der Waals surface area (Å²) in [7, 11) is 0. The third kappa shape index (κ3) is 8.57. The van der Waals surface area contributed by atoms with Gasteiger partial charge in [-0.15, -0.1) is 0 Å². The Morgan fingerprint density at radius 1 is 0.871 bits per heavy atom. The number of rotatable bonds is 12. The zero-order valence-corrected chi connectivity index (χ0v) is 20.5. The molecule has 2 rings (SSSR count). The fraction of sp³-hybridized carbons (Fsp3) is 0.519. The molecule has 0 heterocycles. The molecule has 0 radical (unpaired) electrons. The number of nitrogens with one attached hydrogen (secondary N) is 1. The summed E-state index contributed by atoms with van der Waals surface area (Å²) in [6, 6.07) is 12.6. The molecule has 0 unspecified atom stereocenters. The highest BCUT2D eigenvalue weighted by atomic mass is 35.5. The molecule has 4 heteroatoms. The van der Waals surface area contributed by atoms with Crippen LogP contribution in [0.5, 0.6) is 0 Å². The van der Waals surface area contributed by atoms with Gasteiger partial charge in [0.15, 0.2) is 0 Å². The molecule has 0 atom stereocenters. The first-order chi connectivity index (χ1) is 14.9. The lowest BCUT2D eigenvalue weighted by Crippen LogP contribution is -2.35. The molecule has 0 aliphatic carbocycles. The van der Waals surface area contributed by atoms with Crippen molar-refractivity contribution in [2.45, 2.75) is 85.6 Å². The lowest BCUT2D eigenvalue weighted by atomic mass is 10.1. The number of benzene rings is 2. The highest BCUT2D eigenvalue weighted by Gasteiger charge is 2.16. The summed E-state index contributed by atoms with van der Waals surface area (Å²) in [6.45, 7) is 9.77. The maximum absolute atomic E-state index is 13.2. The van der Waals surface area contributed by atoms with E-state index in [1.54, 1.807) is 0 Å². The van der Waals surface area contributed by atoms with Crippen molar-refractivity contribution in [1.29, 1.82) is 0 Å². The second-order valence-corrected chi connectivity index (χ2v) is 9.01. The van der Waals surface area contributed by atoms with Gasteiger partial charge in [0.25, 0.3) is 0 Å². The van der Waals surface area contributed by atoms with Crippen LogP contribution in [0.2, 0.25) is 5.02 Å². The monoisotopic (exact) mass is 442 g/mol. The second-order valence-electron chi connectivity index (χ2n) is 8.60. The van der Waals surface area contributed by atoms with E-state index in [0.717, 1.165) is 47.6 Å². The zero-order valence-electron chi connectivity index (χ0n) is 19.8. The van der Waals surface area contributed by atoms with Crippen molar-refractivity contribution in [3.8, 4) is 0 Å². The van der Waals surface area contributed by atoms with Crippen molar-refractivity contribution in [3.63, 3.8) is 0 Å². The fourth-order valence-corrected chi connectivity index (χ4v) is 3.90. The molecule has 0 aliphatic heterocycles. The minimum Gasteiger partial charge on any atom is -0.320 e. The number of carbonyl (C=O) groups is 1. The quantitative estimate of drug-likeness (QED) is 0.329. The average Bonchev–Trinajstić information content (AvgIpc) is 2.75. The van der Waals surface area contributed by atoms with Gasteiger partial charge in [-0.2, -0.15) is 0 Å². The Morgan fingerprint density at radius 3 is 2.19 bits per heavy atom.